The predicted molar refractivity (Wildman–Crippen MR) is 106 cm³/mol. The van der Waals surface area contributed by atoms with Crippen LogP contribution in [-0.2, 0) is 20.9 Å². The normalized spacial score (nSPS) is 11.0. The number of rotatable bonds is 7. The molecule has 0 atom stereocenters. The Morgan fingerprint density at radius 3 is 2.71 bits per heavy atom. The number of carbonyl (C=O) groups excluding carboxylic acids is 2. The monoisotopic (exact) mass is 424 g/mol. The van der Waals surface area contributed by atoms with Crippen molar-refractivity contribution in [2.45, 2.75) is 33.2 Å². The summed E-state index contributed by atoms with van der Waals surface area (Å²) in [6.07, 6.45) is -0.0309. The maximum Gasteiger partial charge on any atom is 0.306 e. The van der Waals surface area contributed by atoms with E-state index in [9.17, 15) is 18.4 Å². The first kappa shape index (κ1) is 20.3. The van der Waals surface area contributed by atoms with Crippen LogP contribution in [0.2, 0.25) is 0 Å². The van der Waals surface area contributed by atoms with Crippen LogP contribution in [0.5, 0.6) is 0 Å². The largest absolute Gasteiger partial charge is 0.466 e. The van der Waals surface area contributed by atoms with Gasteiger partial charge in [-0.3, -0.25) is 14.5 Å². The second-order valence-corrected chi connectivity index (χ2v) is 8.07. The molecule has 0 radical (unpaired) electrons. The highest BCUT2D eigenvalue weighted by atomic mass is 32.1. The average molecular weight is 424 g/mol. The number of thiazole rings is 1. The molecule has 1 aromatic carbocycles. The lowest BCUT2D eigenvalue weighted by Gasteiger charge is -2.19. The standard InChI is InChI=1S/C19H18F2N2O3S2/c1-3-26-17(25)7-6-15(24)23(16-8-11(2)10-27-16)9-14-22-19-13(28-14)5-4-12(20)18(19)21/h4-5,8,10H,3,6-7,9H2,1-2H3. The maximum atomic E-state index is 14.0. The quantitative estimate of drug-likeness (QED) is 0.510. The lowest BCUT2D eigenvalue weighted by atomic mass is 10.2. The fourth-order valence-corrected chi connectivity index (χ4v) is 4.48. The van der Waals surface area contributed by atoms with E-state index in [2.05, 4.69) is 4.98 Å². The molecule has 28 heavy (non-hydrogen) atoms. The van der Waals surface area contributed by atoms with Gasteiger partial charge in [0.05, 0.1) is 29.3 Å². The average Bonchev–Trinajstić information content (AvgIpc) is 3.27. The number of aromatic nitrogens is 1. The molecule has 2 heterocycles. The molecule has 0 aliphatic carbocycles. The Morgan fingerprint density at radius 2 is 2.04 bits per heavy atom. The van der Waals surface area contributed by atoms with Crippen LogP contribution < -0.4 is 4.90 Å². The van der Waals surface area contributed by atoms with E-state index in [0.717, 1.165) is 11.6 Å². The van der Waals surface area contributed by atoms with Gasteiger partial charge in [0.15, 0.2) is 11.6 Å². The van der Waals surface area contributed by atoms with Gasteiger partial charge in [0, 0.05) is 6.42 Å². The molecule has 9 heteroatoms. The number of halogens is 2. The third-order valence-corrected chi connectivity index (χ3v) is 6.00. The number of nitrogens with zero attached hydrogens (tertiary/aromatic N) is 2. The van der Waals surface area contributed by atoms with Crippen molar-refractivity contribution in [2.75, 3.05) is 11.5 Å². The first-order valence-corrected chi connectivity index (χ1v) is 10.3. The van der Waals surface area contributed by atoms with Gasteiger partial charge in [-0.1, -0.05) is 0 Å². The van der Waals surface area contributed by atoms with Gasteiger partial charge in [0.25, 0.3) is 0 Å². The minimum Gasteiger partial charge on any atom is -0.466 e. The Morgan fingerprint density at radius 1 is 1.25 bits per heavy atom. The van der Waals surface area contributed by atoms with Crippen molar-refractivity contribution in [3.05, 3.63) is 45.8 Å². The number of carbonyl (C=O) groups is 2. The van der Waals surface area contributed by atoms with E-state index < -0.39 is 17.6 Å². The third kappa shape index (κ3) is 4.53. The number of anilines is 1. The van der Waals surface area contributed by atoms with Gasteiger partial charge in [-0.25, -0.2) is 13.8 Å². The number of hydrogen-bond acceptors (Lipinski definition) is 6. The lowest BCUT2D eigenvalue weighted by molar-refractivity contribution is -0.144. The smallest absolute Gasteiger partial charge is 0.306 e. The van der Waals surface area contributed by atoms with Crippen molar-refractivity contribution in [1.29, 1.82) is 0 Å². The van der Waals surface area contributed by atoms with E-state index >= 15 is 0 Å². The topological polar surface area (TPSA) is 59.5 Å². The minimum absolute atomic E-state index is 0.0103. The van der Waals surface area contributed by atoms with Gasteiger partial charge < -0.3 is 4.74 Å². The zero-order valence-corrected chi connectivity index (χ0v) is 17.0. The van der Waals surface area contributed by atoms with E-state index in [1.165, 1.54) is 33.6 Å². The highest BCUT2D eigenvalue weighted by molar-refractivity contribution is 7.18. The van der Waals surface area contributed by atoms with E-state index in [1.54, 1.807) is 6.92 Å². The summed E-state index contributed by atoms with van der Waals surface area (Å²) in [4.78, 5) is 30.0. The summed E-state index contributed by atoms with van der Waals surface area (Å²) in [6.45, 7) is 3.99. The van der Waals surface area contributed by atoms with Crippen LogP contribution in [0, 0.1) is 18.6 Å². The second kappa shape index (κ2) is 8.74. The van der Waals surface area contributed by atoms with Crippen molar-refractivity contribution in [3.8, 4) is 0 Å². The molecule has 0 spiro atoms. The van der Waals surface area contributed by atoms with Gasteiger partial charge in [-0.2, -0.15) is 0 Å². The molecule has 3 rings (SSSR count). The number of benzene rings is 1. The summed E-state index contributed by atoms with van der Waals surface area (Å²) < 4.78 is 32.8. The number of ether oxygens (including phenoxy) is 1. The van der Waals surface area contributed by atoms with Crippen LogP contribution in [0.3, 0.4) is 0 Å². The molecule has 0 saturated heterocycles. The second-order valence-electron chi connectivity index (χ2n) is 6.06. The molecule has 0 fully saturated rings. The first-order chi connectivity index (χ1) is 13.4. The molecule has 148 valence electrons. The molecule has 0 unspecified atom stereocenters. The Hall–Kier alpha value is -2.39. The Bertz CT molecular complexity index is 1020. The third-order valence-electron chi connectivity index (χ3n) is 3.92. The Balaban J connectivity index is 1.84. The molecule has 1 amide bonds. The van der Waals surface area contributed by atoms with Crippen molar-refractivity contribution >= 4 is 49.8 Å². The molecule has 0 bridgehead atoms. The van der Waals surface area contributed by atoms with Gasteiger partial charge in [0.2, 0.25) is 5.91 Å². The summed E-state index contributed by atoms with van der Waals surface area (Å²) in [7, 11) is 0. The fourth-order valence-electron chi connectivity index (χ4n) is 2.61. The molecule has 0 aliphatic rings. The van der Waals surface area contributed by atoms with E-state index in [0.29, 0.717) is 14.7 Å². The first-order valence-electron chi connectivity index (χ1n) is 8.63. The van der Waals surface area contributed by atoms with Crippen LogP contribution in [0.15, 0.2) is 23.6 Å². The molecule has 3 aromatic rings. The molecule has 0 N–H and O–H groups in total. The number of thiophene rings is 1. The number of esters is 1. The Labute approximate surface area is 168 Å². The Kier molecular flexibility index (Phi) is 6.35. The van der Waals surface area contributed by atoms with Crippen molar-refractivity contribution in [3.63, 3.8) is 0 Å². The van der Waals surface area contributed by atoms with Crippen LogP contribution in [-0.4, -0.2) is 23.5 Å². The van der Waals surface area contributed by atoms with Crippen molar-refractivity contribution in [2.24, 2.45) is 0 Å². The van der Waals surface area contributed by atoms with Crippen molar-refractivity contribution < 1.29 is 23.1 Å². The van der Waals surface area contributed by atoms with E-state index in [1.807, 2.05) is 18.4 Å². The summed E-state index contributed by atoms with van der Waals surface area (Å²) in [5.41, 5.74) is 0.960. The number of amides is 1. The molecule has 0 aliphatic heterocycles. The molecule has 0 saturated carbocycles. The van der Waals surface area contributed by atoms with Gasteiger partial charge in [-0.05, 0) is 43.0 Å². The van der Waals surface area contributed by atoms with Gasteiger partial charge in [0.1, 0.15) is 10.5 Å². The zero-order chi connectivity index (χ0) is 20.3. The van der Waals surface area contributed by atoms with Crippen LogP contribution in [0.4, 0.5) is 13.8 Å². The highest BCUT2D eigenvalue weighted by Gasteiger charge is 2.22. The SMILES string of the molecule is CCOC(=O)CCC(=O)N(Cc1nc2c(F)c(F)ccc2s1)c1cc(C)cs1. The maximum absolute atomic E-state index is 14.0. The van der Waals surface area contributed by atoms with Crippen LogP contribution in [0.25, 0.3) is 10.2 Å². The van der Waals surface area contributed by atoms with E-state index in [4.69, 9.17) is 4.74 Å². The molecule has 5 nitrogen and oxygen atoms in total. The fraction of sp³-hybridized carbons (Fsp3) is 0.316. The molecular formula is C19H18F2N2O3S2. The van der Waals surface area contributed by atoms with Crippen LogP contribution in [0.1, 0.15) is 30.3 Å². The molecular weight excluding hydrogens is 406 g/mol. The molecule has 2 aromatic heterocycles. The summed E-state index contributed by atoms with van der Waals surface area (Å²) in [5.74, 6) is -2.65. The highest BCUT2D eigenvalue weighted by Crippen LogP contribution is 2.31. The predicted octanol–water partition coefficient (Wildman–Crippen LogP) is 4.82. The van der Waals surface area contributed by atoms with Crippen LogP contribution >= 0.6 is 22.7 Å². The lowest BCUT2D eigenvalue weighted by Crippen LogP contribution is -2.30. The summed E-state index contributed by atoms with van der Waals surface area (Å²) in [5, 5.41) is 3.10. The van der Waals surface area contributed by atoms with Gasteiger partial charge in [-0.15, -0.1) is 22.7 Å². The van der Waals surface area contributed by atoms with E-state index in [-0.39, 0.29) is 37.4 Å². The van der Waals surface area contributed by atoms with Crippen molar-refractivity contribution in [1.82, 2.24) is 4.98 Å². The summed E-state index contributed by atoms with van der Waals surface area (Å²) >= 11 is 2.60. The minimum atomic E-state index is -0.993. The number of aryl methyl sites for hydroxylation is 1. The zero-order valence-electron chi connectivity index (χ0n) is 15.3. The number of fused-ring (bicyclic) bond motifs is 1. The summed E-state index contributed by atoms with van der Waals surface area (Å²) in [6, 6.07) is 4.39. The number of hydrogen-bond donors (Lipinski definition) is 0. The van der Waals surface area contributed by atoms with Gasteiger partial charge >= 0.3 is 5.97 Å².